The van der Waals surface area contributed by atoms with E-state index in [0.717, 1.165) is 17.0 Å². The number of aryl methyl sites for hydroxylation is 1. The summed E-state index contributed by atoms with van der Waals surface area (Å²) < 4.78 is 0. The molecule has 1 heterocycles. The fraction of sp³-hybridized carbons (Fsp3) is 0.200. The Kier molecular flexibility index (Phi) is 5.48. The van der Waals surface area contributed by atoms with E-state index in [1.807, 2.05) is 43.3 Å². The van der Waals surface area contributed by atoms with Gasteiger partial charge in [0.25, 0.3) is 0 Å². The highest BCUT2D eigenvalue weighted by Crippen LogP contribution is 2.21. The summed E-state index contributed by atoms with van der Waals surface area (Å²) in [5, 5.41) is 0.525. The minimum absolute atomic E-state index is 0.123. The van der Waals surface area contributed by atoms with Gasteiger partial charge in [0.2, 0.25) is 11.8 Å². The van der Waals surface area contributed by atoms with Crippen molar-refractivity contribution < 1.29 is 9.59 Å². The minimum atomic E-state index is -0.323. The number of carbonyl (C=O) groups excluding carboxylic acids is 2. The number of nitrogens with zero attached hydrogens (tertiary/aromatic N) is 2. The molecule has 22 heavy (non-hydrogen) atoms. The summed E-state index contributed by atoms with van der Waals surface area (Å²) in [6, 6.07) is 11.7. The molecule has 2 amide bonds. The van der Waals surface area contributed by atoms with Crippen LogP contribution in [0.4, 0.5) is 0 Å². The third-order valence-electron chi connectivity index (χ3n) is 2.61. The van der Waals surface area contributed by atoms with Crippen LogP contribution >= 0.6 is 11.8 Å². The summed E-state index contributed by atoms with van der Waals surface area (Å²) in [6.45, 7) is 3.21. The molecular weight excluding hydrogens is 300 g/mol. The van der Waals surface area contributed by atoms with E-state index in [4.69, 9.17) is 0 Å². The zero-order valence-corrected chi connectivity index (χ0v) is 13.1. The van der Waals surface area contributed by atoms with Gasteiger partial charge in [-0.2, -0.15) is 0 Å². The van der Waals surface area contributed by atoms with E-state index < -0.39 is 0 Å². The van der Waals surface area contributed by atoms with Crippen LogP contribution in [0.25, 0.3) is 11.3 Å². The van der Waals surface area contributed by atoms with Gasteiger partial charge in [0.1, 0.15) is 0 Å². The SMILES string of the molecule is CC(=O)NNC(=O)CSc1nc(C)cc(-c2ccccc2)n1. The molecule has 0 radical (unpaired) electrons. The Labute approximate surface area is 132 Å². The molecular formula is C15H16N4O2S. The van der Waals surface area contributed by atoms with Crippen LogP contribution in [0.1, 0.15) is 12.6 Å². The lowest BCUT2D eigenvalue weighted by Crippen LogP contribution is -2.41. The van der Waals surface area contributed by atoms with E-state index in [-0.39, 0.29) is 17.6 Å². The number of hydrogen-bond donors (Lipinski definition) is 2. The van der Waals surface area contributed by atoms with E-state index in [9.17, 15) is 9.59 Å². The molecule has 2 aromatic rings. The van der Waals surface area contributed by atoms with Crippen molar-refractivity contribution >= 4 is 23.6 Å². The van der Waals surface area contributed by atoms with Crippen molar-refractivity contribution in [3.63, 3.8) is 0 Å². The van der Waals surface area contributed by atoms with Crippen LogP contribution in [0.5, 0.6) is 0 Å². The Hall–Kier alpha value is -2.41. The highest BCUT2D eigenvalue weighted by Gasteiger charge is 2.08. The third-order valence-corrected chi connectivity index (χ3v) is 3.46. The average Bonchev–Trinajstić information content (AvgIpc) is 2.51. The Balaban J connectivity index is 2.04. The predicted octanol–water partition coefficient (Wildman–Crippen LogP) is 1.71. The number of nitrogens with one attached hydrogen (secondary N) is 2. The zero-order chi connectivity index (χ0) is 15.9. The van der Waals surface area contributed by atoms with Gasteiger partial charge in [-0.25, -0.2) is 9.97 Å². The molecule has 7 heteroatoms. The summed E-state index contributed by atoms with van der Waals surface area (Å²) >= 11 is 1.22. The summed E-state index contributed by atoms with van der Waals surface area (Å²) in [5.41, 5.74) is 7.18. The predicted molar refractivity (Wildman–Crippen MR) is 84.9 cm³/mol. The Morgan fingerprint density at radius 1 is 1.14 bits per heavy atom. The molecule has 1 aromatic carbocycles. The monoisotopic (exact) mass is 316 g/mol. The van der Waals surface area contributed by atoms with Gasteiger partial charge in [-0.15, -0.1) is 0 Å². The standard InChI is InChI=1S/C15H16N4O2S/c1-10-8-13(12-6-4-3-5-7-12)17-15(16-10)22-9-14(21)19-18-11(2)20/h3-8H,9H2,1-2H3,(H,18,20)(H,19,21). The zero-order valence-electron chi connectivity index (χ0n) is 12.3. The van der Waals surface area contributed by atoms with Gasteiger partial charge >= 0.3 is 0 Å². The van der Waals surface area contributed by atoms with Gasteiger partial charge in [0.15, 0.2) is 5.16 Å². The van der Waals surface area contributed by atoms with Gasteiger partial charge in [-0.05, 0) is 13.0 Å². The molecule has 0 saturated carbocycles. The second-order valence-corrected chi connectivity index (χ2v) is 5.50. The van der Waals surface area contributed by atoms with Gasteiger partial charge in [0.05, 0.1) is 11.4 Å². The highest BCUT2D eigenvalue weighted by atomic mass is 32.2. The molecule has 2 N–H and O–H groups in total. The van der Waals surface area contributed by atoms with Crippen LogP contribution in [0.15, 0.2) is 41.6 Å². The lowest BCUT2D eigenvalue weighted by Gasteiger charge is -2.07. The maximum absolute atomic E-state index is 11.6. The molecule has 6 nitrogen and oxygen atoms in total. The summed E-state index contributed by atoms with van der Waals surface area (Å²) in [7, 11) is 0. The first kappa shape index (κ1) is 16.0. The summed E-state index contributed by atoms with van der Waals surface area (Å²) in [6.07, 6.45) is 0. The number of thioether (sulfide) groups is 1. The number of hydrazine groups is 1. The van der Waals surface area contributed by atoms with E-state index in [2.05, 4.69) is 20.8 Å². The summed E-state index contributed by atoms with van der Waals surface area (Å²) in [4.78, 5) is 31.0. The van der Waals surface area contributed by atoms with Crippen molar-refractivity contribution in [1.82, 2.24) is 20.8 Å². The Morgan fingerprint density at radius 2 is 1.86 bits per heavy atom. The first-order chi connectivity index (χ1) is 10.5. The van der Waals surface area contributed by atoms with Crippen molar-refractivity contribution in [2.45, 2.75) is 19.0 Å². The van der Waals surface area contributed by atoms with Gasteiger partial charge in [0, 0.05) is 18.2 Å². The molecule has 0 atom stereocenters. The van der Waals surface area contributed by atoms with Gasteiger partial charge in [-0.3, -0.25) is 20.4 Å². The number of amides is 2. The van der Waals surface area contributed by atoms with Crippen molar-refractivity contribution in [2.24, 2.45) is 0 Å². The first-order valence-electron chi connectivity index (χ1n) is 6.64. The van der Waals surface area contributed by atoms with Crippen LogP contribution in [0, 0.1) is 6.92 Å². The number of aromatic nitrogens is 2. The van der Waals surface area contributed by atoms with Crippen molar-refractivity contribution in [1.29, 1.82) is 0 Å². The minimum Gasteiger partial charge on any atom is -0.274 e. The van der Waals surface area contributed by atoms with Crippen LogP contribution in [-0.4, -0.2) is 27.5 Å². The largest absolute Gasteiger partial charge is 0.274 e. The maximum atomic E-state index is 11.6. The number of hydrogen-bond acceptors (Lipinski definition) is 5. The number of rotatable bonds is 4. The van der Waals surface area contributed by atoms with E-state index in [0.29, 0.717) is 5.16 Å². The van der Waals surface area contributed by atoms with Crippen molar-refractivity contribution in [3.05, 3.63) is 42.1 Å². The lowest BCUT2D eigenvalue weighted by molar-refractivity contribution is -0.126. The molecule has 0 bridgehead atoms. The molecule has 0 aliphatic rings. The van der Waals surface area contributed by atoms with Crippen LogP contribution in [0.2, 0.25) is 0 Å². The topological polar surface area (TPSA) is 84.0 Å². The van der Waals surface area contributed by atoms with Gasteiger partial charge < -0.3 is 0 Å². The molecule has 0 saturated heterocycles. The molecule has 0 spiro atoms. The highest BCUT2D eigenvalue weighted by molar-refractivity contribution is 7.99. The normalized spacial score (nSPS) is 10.1. The van der Waals surface area contributed by atoms with E-state index in [1.165, 1.54) is 18.7 Å². The third kappa shape index (κ3) is 4.85. The van der Waals surface area contributed by atoms with Crippen LogP contribution in [-0.2, 0) is 9.59 Å². The molecule has 0 aliphatic heterocycles. The second kappa shape index (κ2) is 7.56. The molecule has 114 valence electrons. The van der Waals surface area contributed by atoms with Crippen molar-refractivity contribution in [2.75, 3.05) is 5.75 Å². The fourth-order valence-electron chi connectivity index (χ4n) is 1.69. The van der Waals surface area contributed by atoms with Crippen LogP contribution < -0.4 is 10.9 Å². The molecule has 1 aromatic heterocycles. The maximum Gasteiger partial charge on any atom is 0.248 e. The van der Waals surface area contributed by atoms with E-state index in [1.54, 1.807) is 0 Å². The Bertz CT molecular complexity index is 676. The molecule has 0 aliphatic carbocycles. The van der Waals surface area contributed by atoms with Crippen LogP contribution in [0.3, 0.4) is 0 Å². The smallest absolute Gasteiger partial charge is 0.248 e. The molecule has 0 unspecified atom stereocenters. The average molecular weight is 316 g/mol. The van der Waals surface area contributed by atoms with E-state index >= 15 is 0 Å². The lowest BCUT2D eigenvalue weighted by atomic mass is 10.1. The van der Waals surface area contributed by atoms with Gasteiger partial charge in [-0.1, -0.05) is 42.1 Å². The number of benzene rings is 1. The summed E-state index contributed by atoms with van der Waals surface area (Å²) in [5.74, 6) is -0.513. The first-order valence-corrected chi connectivity index (χ1v) is 7.62. The Morgan fingerprint density at radius 3 is 2.55 bits per heavy atom. The quantitative estimate of drug-likeness (QED) is 0.510. The molecule has 2 rings (SSSR count). The fourth-order valence-corrected chi connectivity index (χ4v) is 2.39. The second-order valence-electron chi connectivity index (χ2n) is 4.56. The van der Waals surface area contributed by atoms with Crippen molar-refractivity contribution in [3.8, 4) is 11.3 Å². The number of carbonyl (C=O) groups is 2. The molecule has 0 fully saturated rings.